The van der Waals surface area contributed by atoms with Crippen LogP contribution in [-0.2, 0) is 0 Å². The van der Waals surface area contributed by atoms with Gasteiger partial charge in [0.15, 0.2) is 0 Å². The van der Waals surface area contributed by atoms with E-state index in [4.69, 9.17) is 15.6 Å². The van der Waals surface area contributed by atoms with E-state index < -0.39 is 0 Å². The molecule has 0 fully saturated rings. The van der Waals surface area contributed by atoms with E-state index in [1.165, 1.54) is 7.11 Å². The highest BCUT2D eigenvalue weighted by Gasteiger charge is 2.17. The number of nitrogens with one attached hydrogen (secondary N) is 1. The van der Waals surface area contributed by atoms with Crippen molar-refractivity contribution in [3.8, 4) is 5.75 Å². The number of hydrogen-bond acceptors (Lipinski definition) is 4. The number of nitrogen functional groups attached to an aromatic ring is 1. The van der Waals surface area contributed by atoms with Crippen molar-refractivity contribution in [2.24, 2.45) is 5.92 Å². The van der Waals surface area contributed by atoms with Crippen molar-refractivity contribution in [1.82, 2.24) is 5.32 Å². The summed E-state index contributed by atoms with van der Waals surface area (Å²) in [6.45, 7) is 4.06. The fourth-order valence-corrected chi connectivity index (χ4v) is 1.82. The average Bonchev–Trinajstić information content (AvgIpc) is 2.38. The Kier molecular flexibility index (Phi) is 5.63. The summed E-state index contributed by atoms with van der Waals surface area (Å²) in [5.41, 5.74) is 6.70. The Hall–Kier alpha value is -1.75. The van der Waals surface area contributed by atoms with Gasteiger partial charge in [0.05, 0.1) is 12.8 Å². The molecule has 0 aromatic heterocycles. The molecule has 0 aliphatic carbocycles. The van der Waals surface area contributed by atoms with Crippen LogP contribution in [0.15, 0.2) is 18.2 Å². The number of rotatable bonds is 6. The molecule has 19 heavy (non-hydrogen) atoms. The fraction of sp³-hybridized carbons (Fsp3) is 0.500. The molecule has 1 unspecified atom stereocenters. The van der Waals surface area contributed by atoms with Crippen LogP contribution >= 0.6 is 0 Å². The van der Waals surface area contributed by atoms with Crippen molar-refractivity contribution in [3.63, 3.8) is 0 Å². The van der Waals surface area contributed by atoms with Gasteiger partial charge in [-0.25, -0.2) is 0 Å². The molecule has 1 aromatic rings. The maximum atomic E-state index is 12.1. The SMILES string of the molecule is COc1cc(C(=O)NC(CCO)C(C)C)ccc1N. The Morgan fingerprint density at radius 2 is 2.16 bits per heavy atom. The normalized spacial score (nSPS) is 12.3. The van der Waals surface area contributed by atoms with Gasteiger partial charge in [-0.05, 0) is 30.5 Å². The highest BCUT2D eigenvalue weighted by Crippen LogP contribution is 2.22. The third-order valence-corrected chi connectivity index (χ3v) is 3.06. The monoisotopic (exact) mass is 266 g/mol. The number of hydrogen-bond donors (Lipinski definition) is 3. The van der Waals surface area contributed by atoms with Gasteiger partial charge in [0.1, 0.15) is 5.75 Å². The minimum absolute atomic E-state index is 0.0498. The van der Waals surface area contributed by atoms with Gasteiger partial charge in [0.25, 0.3) is 5.91 Å². The molecule has 1 atom stereocenters. The number of anilines is 1. The van der Waals surface area contributed by atoms with Crippen molar-refractivity contribution in [3.05, 3.63) is 23.8 Å². The molecule has 0 heterocycles. The predicted octanol–water partition coefficient (Wildman–Crippen LogP) is 1.41. The maximum Gasteiger partial charge on any atom is 0.251 e. The lowest BCUT2D eigenvalue weighted by Gasteiger charge is -2.21. The molecule has 106 valence electrons. The van der Waals surface area contributed by atoms with Crippen molar-refractivity contribution < 1.29 is 14.6 Å². The molecule has 0 radical (unpaired) electrons. The second kappa shape index (κ2) is 6.99. The minimum Gasteiger partial charge on any atom is -0.495 e. The van der Waals surface area contributed by atoms with Crippen LogP contribution in [-0.4, -0.2) is 30.8 Å². The number of amides is 1. The number of aliphatic hydroxyl groups is 1. The molecule has 0 spiro atoms. The average molecular weight is 266 g/mol. The minimum atomic E-state index is -0.189. The molecule has 4 N–H and O–H groups in total. The topological polar surface area (TPSA) is 84.6 Å². The van der Waals surface area contributed by atoms with Crippen molar-refractivity contribution >= 4 is 11.6 Å². The van der Waals surface area contributed by atoms with E-state index in [-0.39, 0.29) is 24.5 Å². The summed E-state index contributed by atoms with van der Waals surface area (Å²) >= 11 is 0. The van der Waals surface area contributed by atoms with E-state index in [1.807, 2.05) is 13.8 Å². The van der Waals surface area contributed by atoms with Gasteiger partial charge in [-0.2, -0.15) is 0 Å². The molecule has 0 saturated carbocycles. The van der Waals surface area contributed by atoms with Crippen molar-refractivity contribution in [1.29, 1.82) is 0 Å². The van der Waals surface area contributed by atoms with E-state index in [1.54, 1.807) is 18.2 Å². The van der Waals surface area contributed by atoms with E-state index in [0.29, 0.717) is 23.4 Å². The molecule has 0 bridgehead atoms. The zero-order chi connectivity index (χ0) is 14.4. The van der Waals surface area contributed by atoms with Crippen LogP contribution in [0.25, 0.3) is 0 Å². The molecule has 1 rings (SSSR count). The Morgan fingerprint density at radius 3 is 2.68 bits per heavy atom. The largest absolute Gasteiger partial charge is 0.495 e. The summed E-state index contributed by atoms with van der Waals surface area (Å²) in [7, 11) is 1.51. The zero-order valence-electron chi connectivity index (χ0n) is 11.6. The Labute approximate surface area is 113 Å². The first kappa shape index (κ1) is 15.3. The fourth-order valence-electron chi connectivity index (χ4n) is 1.82. The molecular formula is C14H22N2O3. The van der Waals surface area contributed by atoms with Crippen LogP contribution in [0.1, 0.15) is 30.6 Å². The summed E-state index contributed by atoms with van der Waals surface area (Å²) < 4.78 is 5.09. The summed E-state index contributed by atoms with van der Waals surface area (Å²) in [4.78, 5) is 12.1. The molecule has 1 amide bonds. The molecule has 5 nitrogen and oxygen atoms in total. The number of nitrogens with two attached hydrogens (primary N) is 1. The highest BCUT2D eigenvalue weighted by molar-refractivity contribution is 5.95. The molecule has 1 aromatic carbocycles. The smallest absolute Gasteiger partial charge is 0.251 e. The van der Waals surface area contributed by atoms with Gasteiger partial charge >= 0.3 is 0 Å². The summed E-state index contributed by atoms with van der Waals surface area (Å²) in [5, 5.41) is 11.9. The van der Waals surface area contributed by atoms with Crippen LogP contribution in [0.2, 0.25) is 0 Å². The van der Waals surface area contributed by atoms with Gasteiger partial charge in [-0.1, -0.05) is 13.8 Å². The quantitative estimate of drug-likeness (QED) is 0.680. The Balaban J connectivity index is 2.82. The third kappa shape index (κ3) is 4.13. The number of ether oxygens (including phenoxy) is 1. The summed E-state index contributed by atoms with van der Waals surface area (Å²) in [6, 6.07) is 4.86. The third-order valence-electron chi connectivity index (χ3n) is 3.06. The molecule has 0 aliphatic rings. The molecule has 0 saturated heterocycles. The van der Waals surface area contributed by atoms with Gasteiger partial charge in [-0.15, -0.1) is 0 Å². The maximum absolute atomic E-state index is 12.1. The standard InChI is InChI=1S/C14H22N2O3/c1-9(2)12(6-7-17)16-14(18)10-4-5-11(15)13(8-10)19-3/h4-5,8-9,12,17H,6-7,15H2,1-3H3,(H,16,18). The molecule has 5 heteroatoms. The number of aliphatic hydroxyl groups excluding tert-OH is 1. The van der Waals surface area contributed by atoms with Crippen LogP contribution < -0.4 is 15.8 Å². The highest BCUT2D eigenvalue weighted by atomic mass is 16.5. The first-order valence-electron chi connectivity index (χ1n) is 6.34. The number of benzene rings is 1. The first-order valence-corrected chi connectivity index (χ1v) is 6.34. The summed E-state index contributed by atoms with van der Waals surface area (Å²) in [5.74, 6) is 0.549. The van der Waals surface area contributed by atoms with E-state index in [0.717, 1.165) is 0 Å². The lowest BCUT2D eigenvalue weighted by atomic mass is 10.0. The molecule has 0 aliphatic heterocycles. The van der Waals surface area contributed by atoms with Crippen LogP contribution in [0, 0.1) is 5.92 Å². The first-order chi connectivity index (χ1) is 8.99. The second-order valence-electron chi connectivity index (χ2n) is 4.79. The van der Waals surface area contributed by atoms with Crippen LogP contribution in [0.4, 0.5) is 5.69 Å². The van der Waals surface area contributed by atoms with Gasteiger partial charge < -0.3 is 20.9 Å². The zero-order valence-corrected chi connectivity index (χ0v) is 11.6. The van der Waals surface area contributed by atoms with Crippen molar-refractivity contribution in [2.45, 2.75) is 26.3 Å². The van der Waals surface area contributed by atoms with Crippen molar-refractivity contribution in [2.75, 3.05) is 19.5 Å². The van der Waals surface area contributed by atoms with E-state index in [9.17, 15) is 4.79 Å². The van der Waals surface area contributed by atoms with Crippen LogP contribution in [0.5, 0.6) is 5.75 Å². The van der Waals surface area contributed by atoms with E-state index in [2.05, 4.69) is 5.32 Å². The van der Waals surface area contributed by atoms with Gasteiger partial charge in [-0.3, -0.25) is 4.79 Å². The lowest BCUT2D eigenvalue weighted by molar-refractivity contribution is 0.0916. The number of methoxy groups -OCH3 is 1. The second-order valence-corrected chi connectivity index (χ2v) is 4.79. The van der Waals surface area contributed by atoms with E-state index >= 15 is 0 Å². The van der Waals surface area contributed by atoms with Crippen LogP contribution in [0.3, 0.4) is 0 Å². The predicted molar refractivity (Wildman–Crippen MR) is 75.2 cm³/mol. The van der Waals surface area contributed by atoms with Gasteiger partial charge in [0, 0.05) is 18.2 Å². The Morgan fingerprint density at radius 1 is 1.47 bits per heavy atom. The number of carbonyl (C=O) groups is 1. The summed E-state index contributed by atoms with van der Waals surface area (Å²) in [6.07, 6.45) is 0.537. The number of carbonyl (C=O) groups excluding carboxylic acids is 1. The molecular weight excluding hydrogens is 244 g/mol. The van der Waals surface area contributed by atoms with Gasteiger partial charge in [0.2, 0.25) is 0 Å². The lowest BCUT2D eigenvalue weighted by Crippen LogP contribution is -2.39. The Bertz CT molecular complexity index is 433.